The van der Waals surface area contributed by atoms with Crippen LogP contribution in [0.5, 0.6) is 0 Å². The molecule has 0 aliphatic rings. The fraction of sp³-hybridized carbons (Fsp3) is 0.364. The molecular weight excluding hydrogens is 190 g/mol. The summed E-state index contributed by atoms with van der Waals surface area (Å²) in [4.78, 5) is 13.1. The summed E-state index contributed by atoms with van der Waals surface area (Å²) < 4.78 is 0. The highest BCUT2D eigenvalue weighted by Gasteiger charge is 2.13. The van der Waals surface area contributed by atoms with Crippen molar-refractivity contribution in [2.24, 2.45) is 0 Å². The SMILES string of the molecule is CC(Nc1ccc(N)cc1)C(=O)N(C)C. The highest BCUT2D eigenvalue weighted by Crippen LogP contribution is 2.11. The van der Waals surface area contributed by atoms with Crippen molar-refractivity contribution in [3.8, 4) is 0 Å². The number of carbonyl (C=O) groups excluding carboxylic acids is 1. The van der Waals surface area contributed by atoms with Crippen LogP contribution in [0.4, 0.5) is 11.4 Å². The summed E-state index contributed by atoms with van der Waals surface area (Å²) in [6.45, 7) is 1.83. The Morgan fingerprint density at radius 3 is 2.33 bits per heavy atom. The molecule has 0 saturated carbocycles. The van der Waals surface area contributed by atoms with Crippen LogP contribution in [0.3, 0.4) is 0 Å². The van der Waals surface area contributed by atoms with Gasteiger partial charge in [0.25, 0.3) is 0 Å². The average Bonchev–Trinajstić information content (AvgIpc) is 2.20. The third-order valence-corrected chi connectivity index (χ3v) is 2.11. The molecule has 0 radical (unpaired) electrons. The molecule has 1 atom stereocenters. The van der Waals surface area contributed by atoms with Gasteiger partial charge in [-0.15, -0.1) is 0 Å². The number of rotatable bonds is 3. The topological polar surface area (TPSA) is 58.4 Å². The lowest BCUT2D eigenvalue weighted by atomic mass is 10.2. The molecule has 1 aromatic carbocycles. The molecule has 15 heavy (non-hydrogen) atoms. The van der Waals surface area contributed by atoms with Crippen molar-refractivity contribution in [2.45, 2.75) is 13.0 Å². The highest BCUT2D eigenvalue weighted by atomic mass is 16.2. The second-order valence-corrected chi connectivity index (χ2v) is 3.72. The molecule has 1 amide bonds. The lowest BCUT2D eigenvalue weighted by molar-refractivity contribution is -0.129. The van der Waals surface area contributed by atoms with Crippen molar-refractivity contribution < 1.29 is 4.79 Å². The number of likely N-dealkylation sites (N-methyl/N-ethyl adjacent to an activating group) is 1. The molecule has 0 aromatic heterocycles. The summed E-state index contributed by atoms with van der Waals surface area (Å²) in [6, 6.07) is 7.08. The maximum atomic E-state index is 11.6. The van der Waals surface area contributed by atoms with Crippen LogP contribution in [-0.2, 0) is 4.79 Å². The Bertz CT molecular complexity index is 332. The van der Waals surface area contributed by atoms with Crippen LogP contribution in [0.15, 0.2) is 24.3 Å². The van der Waals surface area contributed by atoms with E-state index in [1.54, 1.807) is 31.1 Å². The first-order chi connectivity index (χ1) is 7.00. The van der Waals surface area contributed by atoms with E-state index in [0.29, 0.717) is 5.69 Å². The van der Waals surface area contributed by atoms with Gasteiger partial charge in [-0.2, -0.15) is 0 Å². The normalized spacial score (nSPS) is 11.9. The van der Waals surface area contributed by atoms with Crippen LogP contribution in [0.2, 0.25) is 0 Å². The van der Waals surface area contributed by atoms with Crippen molar-refractivity contribution in [3.63, 3.8) is 0 Å². The van der Waals surface area contributed by atoms with Gasteiger partial charge in [-0.1, -0.05) is 0 Å². The fourth-order valence-corrected chi connectivity index (χ4v) is 1.28. The minimum absolute atomic E-state index is 0.0480. The third-order valence-electron chi connectivity index (χ3n) is 2.11. The summed E-state index contributed by atoms with van der Waals surface area (Å²) in [6.07, 6.45) is 0. The highest BCUT2D eigenvalue weighted by molar-refractivity contribution is 5.83. The molecule has 1 unspecified atom stereocenters. The molecule has 4 nitrogen and oxygen atoms in total. The van der Waals surface area contributed by atoms with E-state index in [4.69, 9.17) is 5.73 Å². The lowest BCUT2D eigenvalue weighted by Gasteiger charge is -2.18. The van der Waals surface area contributed by atoms with Gasteiger partial charge in [-0.05, 0) is 31.2 Å². The Kier molecular flexibility index (Phi) is 3.55. The number of nitrogens with two attached hydrogens (primary N) is 1. The monoisotopic (exact) mass is 207 g/mol. The first kappa shape index (κ1) is 11.4. The molecule has 0 spiro atoms. The lowest BCUT2D eigenvalue weighted by Crippen LogP contribution is -2.36. The van der Waals surface area contributed by atoms with Gasteiger partial charge in [0.2, 0.25) is 5.91 Å². The maximum absolute atomic E-state index is 11.6. The van der Waals surface area contributed by atoms with Crippen LogP contribution in [0.1, 0.15) is 6.92 Å². The second-order valence-electron chi connectivity index (χ2n) is 3.72. The zero-order valence-electron chi connectivity index (χ0n) is 9.32. The van der Waals surface area contributed by atoms with E-state index in [0.717, 1.165) is 5.69 Å². The number of amides is 1. The summed E-state index contributed by atoms with van der Waals surface area (Å²) in [7, 11) is 3.48. The van der Waals surface area contributed by atoms with Gasteiger partial charge in [0, 0.05) is 25.5 Å². The molecule has 0 bridgehead atoms. The van der Waals surface area contributed by atoms with Gasteiger partial charge in [-0.3, -0.25) is 4.79 Å². The fourth-order valence-electron chi connectivity index (χ4n) is 1.28. The average molecular weight is 207 g/mol. The molecule has 0 saturated heterocycles. The molecule has 3 N–H and O–H groups in total. The summed E-state index contributed by atoms with van der Waals surface area (Å²) in [5.74, 6) is 0.0480. The number of nitrogens with one attached hydrogen (secondary N) is 1. The molecule has 0 aliphatic heterocycles. The molecule has 4 heteroatoms. The third kappa shape index (κ3) is 3.16. The smallest absolute Gasteiger partial charge is 0.244 e. The van der Waals surface area contributed by atoms with Crippen LogP contribution >= 0.6 is 0 Å². The van der Waals surface area contributed by atoms with Gasteiger partial charge in [0.1, 0.15) is 6.04 Å². The second kappa shape index (κ2) is 4.68. The summed E-state index contributed by atoms with van der Waals surface area (Å²) in [5.41, 5.74) is 7.17. The predicted molar refractivity (Wildman–Crippen MR) is 62.6 cm³/mol. The Morgan fingerprint density at radius 1 is 1.33 bits per heavy atom. The van der Waals surface area contributed by atoms with Gasteiger partial charge in [-0.25, -0.2) is 0 Å². The van der Waals surface area contributed by atoms with Gasteiger partial charge in [0.05, 0.1) is 0 Å². The number of hydrogen-bond acceptors (Lipinski definition) is 3. The van der Waals surface area contributed by atoms with Crippen molar-refractivity contribution in [3.05, 3.63) is 24.3 Å². The van der Waals surface area contributed by atoms with Crippen LogP contribution < -0.4 is 11.1 Å². The number of nitrogen functional groups attached to an aromatic ring is 1. The molecular formula is C11H17N3O. The first-order valence-electron chi connectivity index (χ1n) is 4.84. The van der Waals surface area contributed by atoms with E-state index >= 15 is 0 Å². The number of anilines is 2. The minimum Gasteiger partial charge on any atom is -0.399 e. The van der Waals surface area contributed by atoms with Crippen molar-refractivity contribution in [1.82, 2.24) is 4.90 Å². The molecule has 1 rings (SSSR count). The Morgan fingerprint density at radius 2 is 1.87 bits per heavy atom. The van der Waals surface area contributed by atoms with Crippen LogP contribution in [-0.4, -0.2) is 30.9 Å². The minimum atomic E-state index is -0.233. The quantitative estimate of drug-likeness (QED) is 0.731. The van der Waals surface area contributed by atoms with Crippen LogP contribution in [0.25, 0.3) is 0 Å². The van der Waals surface area contributed by atoms with E-state index in [1.807, 2.05) is 19.1 Å². The summed E-state index contributed by atoms with van der Waals surface area (Å²) in [5, 5.41) is 3.10. The van der Waals surface area contributed by atoms with Crippen LogP contribution in [0, 0.1) is 0 Å². The molecule has 0 fully saturated rings. The van der Waals surface area contributed by atoms with Crippen molar-refractivity contribution in [1.29, 1.82) is 0 Å². The first-order valence-corrected chi connectivity index (χ1v) is 4.84. The zero-order valence-corrected chi connectivity index (χ0v) is 9.32. The van der Waals surface area contributed by atoms with E-state index in [1.165, 1.54) is 0 Å². The Hall–Kier alpha value is -1.71. The standard InChI is InChI=1S/C11H17N3O/c1-8(11(15)14(2)3)13-10-6-4-9(12)5-7-10/h4-8,13H,12H2,1-3H3. The van der Waals surface area contributed by atoms with Gasteiger partial charge in [0.15, 0.2) is 0 Å². The number of benzene rings is 1. The zero-order chi connectivity index (χ0) is 11.4. The Balaban J connectivity index is 2.62. The molecule has 1 aromatic rings. The van der Waals surface area contributed by atoms with E-state index in [9.17, 15) is 4.79 Å². The largest absolute Gasteiger partial charge is 0.399 e. The van der Waals surface area contributed by atoms with E-state index < -0.39 is 0 Å². The van der Waals surface area contributed by atoms with Gasteiger partial charge < -0.3 is 16.0 Å². The molecule has 0 aliphatic carbocycles. The summed E-state index contributed by atoms with van der Waals surface area (Å²) >= 11 is 0. The Labute approximate surface area is 90.1 Å². The predicted octanol–water partition coefficient (Wildman–Crippen LogP) is 1.16. The van der Waals surface area contributed by atoms with E-state index in [2.05, 4.69) is 5.32 Å². The number of hydrogen-bond donors (Lipinski definition) is 2. The van der Waals surface area contributed by atoms with Gasteiger partial charge >= 0.3 is 0 Å². The maximum Gasteiger partial charge on any atom is 0.244 e. The number of carbonyl (C=O) groups is 1. The molecule has 0 heterocycles. The van der Waals surface area contributed by atoms with E-state index in [-0.39, 0.29) is 11.9 Å². The van der Waals surface area contributed by atoms with Crippen molar-refractivity contribution in [2.75, 3.05) is 25.1 Å². The number of nitrogens with zero attached hydrogens (tertiary/aromatic N) is 1. The van der Waals surface area contributed by atoms with Crippen molar-refractivity contribution >= 4 is 17.3 Å². The molecule has 82 valence electrons.